The zero-order valence-electron chi connectivity index (χ0n) is 17.3. The first kappa shape index (κ1) is 19.7. The number of carbonyl (C=O) groups excluding carboxylic acids is 1. The Bertz CT molecular complexity index is 1430. The van der Waals surface area contributed by atoms with E-state index in [1.807, 2.05) is 66.7 Å². The molecule has 2 N–H and O–H groups in total. The fourth-order valence-electron chi connectivity index (χ4n) is 3.87. The summed E-state index contributed by atoms with van der Waals surface area (Å²) in [6.45, 7) is 0.445. The molecule has 0 unspecified atom stereocenters. The van der Waals surface area contributed by atoms with Gasteiger partial charge in [0.2, 0.25) is 5.88 Å². The number of H-pyrrole nitrogens is 1. The van der Waals surface area contributed by atoms with Crippen molar-refractivity contribution in [1.82, 2.24) is 14.5 Å². The summed E-state index contributed by atoms with van der Waals surface area (Å²) in [7, 11) is 0. The Labute approximate surface area is 184 Å². The van der Waals surface area contributed by atoms with E-state index in [4.69, 9.17) is 4.98 Å². The summed E-state index contributed by atoms with van der Waals surface area (Å²) in [4.78, 5) is 20.1. The number of fused-ring (bicyclic) bond motifs is 2. The maximum absolute atomic E-state index is 12.5. The van der Waals surface area contributed by atoms with Crippen LogP contribution in [0.5, 0.6) is 5.88 Å². The third-order valence-electron chi connectivity index (χ3n) is 5.41. The van der Waals surface area contributed by atoms with Gasteiger partial charge in [-0.2, -0.15) is 0 Å². The van der Waals surface area contributed by atoms with Crippen LogP contribution < -0.4 is 0 Å². The van der Waals surface area contributed by atoms with E-state index in [2.05, 4.69) is 31.9 Å². The van der Waals surface area contributed by atoms with E-state index in [-0.39, 0.29) is 23.9 Å². The number of hydrogen-bond acceptors (Lipinski definition) is 4. The van der Waals surface area contributed by atoms with Gasteiger partial charge in [0.05, 0.1) is 16.6 Å². The molecule has 2 heterocycles. The first-order chi connectivity index (χ1) is 15.7. The number of hydrogen-bond donors (Lipinski definition) is 2. The molecular weight excluding hydrogens is 402 g/mol. The van der Waals surface area contributed by atoms with E-state index in [1.165, 1.54) is 0 Å². The highest BCUT2D eigenvalue weighted by molar-refractivity contribution is 5.94. The van der Waals surface area contributed by atoms with E-state index in [9.17, 15) is 9.90 Å². The molecule has 5 aromatic rings. The van der Waals surface area contributed by atoms with Crippen LogP contribution in [0, 0.1) is 0 Å². The molecule has 0 bridgehead atoms. The number of nitrogens with one attached hydrogen (secondary N) is 1. The highest BCUT2D eigenvalue weighted by Gasteiger charge is 2.13. The Morgan fingerprint density at radius 3 is 2.59 bits per heavy atom. The monoisotopic (exact) mass is 423 g/mol. The molecule has 2 aromatic heterocycles. The highest BCUT2D eigenvalue weighted by Crippen LogP contribution is 2.35. The summed E-state index contributed by atoms with van der Waals surface area (Å²) in [6.07, 6.45) is 0.850. The number of benzene rings is 3. The van der Waals surface area contributed by atoms with Gasteiger partial charge in [-0.15, -0.1) is 10.2 Å². The molecule has 0 aliphatic carbocycles. The van der Waals surface area contributed by atoms with Crippen LogP contribution in [0.1, 0.15) is 17.8 Å². The van der Waals surface area contributed by atoms with E-state index in [1.54, 1.807) is 0 Å². The number of aromatic amines is 1. The van der Waals surface area contributed by atoms with E-state index < -0.39 is 0 Å². The van der Waals surface area contributed by atoms with Crippen LogP contribution in [-0.2, 0) is 17.8 Å². The van der Waals surface area contributed by atoms with E-state index in [0.717, 1.165) is 27.9 Å². The summed E-state index contributed by atoms with van der Waals surface area (Å²) < 4.78 is 2.07. The first-order valence-electron chi connectivity index (χ1n) is 10.4. The van der Waals surface area contributed by atoms with Crippen LogP contribution >= 0.6 is 0 Å². The van der Waals surface area contributed by atoms with Gasteiger partial charge < -0.3 is 14.7 Å². The lowest BCUT2D eigenvalue weighted by atomic mass is 10.1. The van der Waals surface area contributed by atoms with Crippen molar-refractivity contribution in [3.05, 3.63) is 90.3 Å². The second-order valence-electron chi connectivity index (χ2n) is 7.54. The number of rotatable bonds is 6. The summed E-state index contributed by atoms with van der Waals surface area (Å²) in [6, 6.07) is 25.4. The molecule has 0 fully saturated rings. The lowest BCUT2D eigenvalue weighted by molar-refractivity contribution is -0.118. The highest BCUT2D eigenvalue weighted by atomic mass is 16.3. The van der Waals surface area contributed by atoms with Crippen molar-refractivity contribution < 1.29 is 9.90 Å². The zero-order chi connectivity index (χ0) is 21.9. The topological polar surface area (TPSA) is 95.6 Å². The molecule has 158 valence electrons. The van der Waals surface area contributed by atoms with Gasteiger partial charge in [-0.25, -0.2) is 4.98 Å². The standard InChI is InChI=1S/C25H21N5O2/c31-23(28-29-24-18-10-4-5-11-19(18)27-25(24)32)14-15-30-21-13-7-6-12-20(21)26-22(30)16-17-8-2-1-3-9-17/h1-13,27,32H,14-16H2. The number of para-hydroxylation sites is 3. The van der Waals surface area contributed by atoms with Crippen LogP contribution in [0.2, 0.25) is 0 Å². The summed E-state index contributed by atoms with van der Waals surface area (Å²) in [5.41, 5.74) is 4.05. The van der Waals surface area contributed by atoms with Gasteiger partial charge in [-0.3, -0.25) is 4.79 Å². The smallest absolute Gasteiger partial charge is 0.266 e. The fraction of sp³-hybridized carbons (Fsp3) is 0.120. The summed E-state index contributed by atoms with van der Waals surface area (Å²) in [5.74, 6) is 0.433. The molecule has 0 aliphatic heterocycles. The van der Waals surface area contributed by atoms with E-state index >= 15 is 0 Å². The average molecular weight is 423 g/mol. The van der Waals surface area contributed by atoms with Gasteiger partial charge in [0.25, 0.3) is 5.91 Å². The van der Waals surface area contributed by atoms with Crippen LogP contribution in [0.3, 0.4) is 0 Å². The van der Waals surface area contributed by atoms with Crippen molar-refractivity contribution in [2.75, 3.05) is 0 Å². The Kier molecular flexibility index (Phi) is 5.21. The lowest BCUT2D eigenvalue weighted by Crippen LogP contribution is -2.08. The second-order valence-corrected chi connectivity index (χ2v) is 7.54. The molecule has 0 spiro atoms. The van der Waals surface area contributed by atoms with Crippen molar-refractivity contribution in [3.63, 3.8) is 0 Å². The first-order valence-corrected chi connectivity index (χ1v) is 10.4. The number of azo groups is 1. The van der Waals surface area contributed by atoms with Crippen molar-refractivity contribution in [3.8, 4) is 5.88 Å². The third kappa shape index (κ3) is 3.88. The van der Waals surface area contributed by atoms with Crippen LogP contribution in [-0.4, -0.2) is 25.5 Å². The normalized spacial score (nSPS) is 11.6. The second kappa shape index (κ2) is 8.47. The van der Waals surface area contributed by atoms with Gasteiger partial charge in [-0.05, 0) is 23.8 Å². The molecule has 0 atom stereocenters. The number of aryl methyl sites for hydroxylation is 1. The fourth-order valence-corrected chi connectivity index (χ4v) is 3.87. The van der Waals surface area contributed by atoms with Crippen molar-refractivity contribution in [2.24, 2.45) is 10.2 Å². The Morgan fingerprint density at radius 2 is 1.72 bits per heavy atom. The van der Waals surface area contributed by atoms with Crippen molar-refractivity contribution in [2.45, 2.75) is 19.4 Å². The number of nitrogens with zero attached hydrogens (tertiary/aromatic N) is 4. The van der Waals surface area contributed by atoms with Crippen LogP contribution in [0.15, 0.2) is 89.1 Å². The SMILES string of the molecule is O=C(CCn1c(Cc2ccccc2)nc2ccccc21)N=Nc1c(O)[nH]c2ccccc12. The Morgan fingerprint density at radius 1 is 0.969 bits per heavy atom. The third-order valence-corrected chi connectivity index (χ3v) is 5.41. The van der Waals surface area contributed by atoms with Gasteiger partial charge in [0.1, 0.15) is 5.82 Å². The molecule has 3 aromatic carbocycles. The minimum absolute atomic E-state index is 0.103. The predicted octanol–water partition coefficient (Wildman–Crippen LogP) is 5.51. The van der Waals surface area contributed by atoms with E-state index in [0.29, 0.717) is 18.4 Å². The Hall–Kier alpha value is -4.26. The molecule has 32 heavy (non-hydrogen) atoms. The quantitative estimate of drug-likeness (QED) is 0.352. The minimum atomic E-state index is -0.363. The predicted molar refractivity (Wildman–Crippen MR) is 123 cm³/mol. The van der Waals surface area contributed by atoms with Gasteiger partial charge in [-0.1, -0.05) is 60.7 Å². The van der Waals surface area contributed by atoms with Gasteiger partial charge in [0.15, 0.2) is 5.69 Å². The van der Waals surface area contributed by atoms with Crippen molar-refractivity contribution >= 4 is 33.5 Å². The molecule has 0 saturated heterocycles. The average Bonchev–Trinajstić information content (AvgIpc) is 3.33. The zero-order valence-corrected chi connectivity index (χ0v) is 17.3. The maximum Gasteiger partial charge on any atom is 0.266 e. The number of aromatic nitrogens is 3. The molecule has 0 saturated carbocycles. The van der Waals surface area contributed by atoms with Gasteiger partial charge >= 0.3 is 0 Å². The lowest BCUT2D eigenvalue weighted by Gasteiger charge is -2.08. The molecular formula is C25H21N5O2. The largest absolute Gasteiger partial charge is 0.493 e. The maximum atomic E-state index is 12.5. The summed E-state index contributed by atoms with van der Waals surface area (Å²) >= 11 is 0. The number of aromatic hydroxyl groups is 1. The molecule has 5 rings (SSSR count). The molecule has 1 amide bonds. The minimum Gasteiger partial charge on any atom is -0.493 e. The number of amides is 1. The van der Waals surface area contributed by atoms with Gasteiger partial charge in [0, 0.05) is 24.8 Å². The molecule has 0 radical (unpaired) electrons. The molecule has 7 heteroatoms. The Balaban J connectivity index is 1.36. The number of carbonyl (C=O) groups is 1. The molecule has 0 aliphatic rings. The number of imidazole rings is 1. The van der Waals surface area contributed by atoms with Crippen molar-refractivity contribution in [1.29, 1.82) is 0 Å². The molecule has 7 nitrogen and oxygen atoms in total. The summed E-state index contributed by atoms with van der Waals surface area (Å²) in [5, 5.41) is 18.7. The van der Waals surface area contributed by atoms with Crippen LogP contribution in [0.4, 0.5) is 5.69 Å². The van der Waals surface area contributed by atoms with Crippen LogP contribution in [0.25, 0.3) is 21.9 Å².